The lowest BCUT2D eigenvalue weighted by atomic mass is 10.2. The zero-order valence-corrected chi connectivity index (χ0v) is 11.6. The molecule has 3 heterocycles. The molecule has 7 heteroatoms. The Balaban J connectivity index is 1.87. The maximum absolute atomic E-state index is 9.67. The zero-order chi connectivity index (χ0) is 13.5. The molecule has 0 aromatic carbocycles. The van der Waals surface area contributed by atoms with Crippen LogP contribution in [-0.4, -0.2) is 41.4 Å². The van der Waals surface area contributed by atoms with E-state index in [1.165, 1.54) is 0 Å². The molecule has 1 atom stereocenters. The topological polar surface area (TPSA) is 83.2 Å². The van der Waals surface area contributed by atoms with Gasteiger partial charge in [0.05, 0.1) is 17.3 Å². The van der Waals surface area contributed by atoms with Crippen LogP contribution in [0.2, 0.25) is 0 Å². The van der Waals surface area contributed by atoms with Gasteiger partial charge in [-0.3, -0.25) is 9.11 Å². The van der Waals surface area contributed by atoms with Crippen LogP contribution in [0.4, 0.5) is 5.69 Å². The second-order valence-electron chi connectivity index (χ2n) is 4.86. The van der Waals surface area contributed by atoms with Gasteiger partial charge in [0.2, 0.25) is 0 Å². The molecule has 3 rings (SSSR count). The van der Waals surface area contributed by atoms with Crippen LogP contribution >= 0.6 is 10.6 Å². The van der Waals surface area contributed by atoms with Crippen LogP contribution in [0.5, 0.6) is 0 Å². The van der Waals surface area contributed by atoms with E-state index in [0.717, 1.165) is 29.7 Å². The van der Waals surface area contributed by atoms with Crippen molar-refractivity contribution in [1.82, 2.24) is 14.8 Å². The van der Waals surface area contributed by atoms with E-state index in [9.17, 15) is 9.11 Å². The molecule has 1 aliphatic rings. The number of aryl methyl sites for hydroxylation is 1. The lowest BCUT2D eigenvalue weighted by molar-refractivity contribution is 0.495. The van der Waals surface area contributed by atoms with Gasteiger partial charge >= 0.3 is 0 Å². The zero-order valence-electron chi connectivity index (χ0n) is 10.8. The Morgan fingerprint density at radius 2 is 2.37 bits per heavy atom. The molecule has 1 unspecified atom stereocenters. The fourth-order valence-electron chi connectivity index (χ4n) is 2.49. The normalized spacial score (nSPS) is 23.6. The van der Waals surface area contributed by atoms with Crippen LogP contribution < -0.4 is 5.32 Å². The predicted molar refractivity (Wildman–Crippen MR) is 77.8 cm³/mol. The maximum Gasteiger partial charge on any atom is 0.159 e. The van der Waals surface area contributed by atoms with Crippen molar-refractivity contribution >= 4 is 27.3 Å². The second kappa shape index (κ2) is 4.66. The highest BCUT2D eigenvalue weighted by Gasteiger charge is 2.28. The lowest BCUT2D eigenvalue weighted by Crippen LogP contribution is -2.19. The number of pyridine rings is 1. The largest absolute Gasteiger partial charge is 0.380 e. The molecule has 19 heavy (non-hydrogen) atoms. The molecule has 1 fully saturated rings. The molecule has 0 aliphatic carbocycles. The van der Waals surface area contributed by atoms with Gasteiger partial charge in [0.1, 0.15) is 0 Å². The molecule has 0 saturated carbocycles. The Hall–Kier alpha value is -1.31. The Bertz CT molecular complexity index is 598. The van der Waals surface area contributed by atoms with Crippen molar-refractivity contribution in [3.8, 4) is 0 Å². The molecule has 2 aromatic rings. The van der Waals surface area contributed by atoms with Crippen molar-refractivity contribution < 1.29 is 9.11 Å². The van der Waals surface area contributed by atoms with E-state index in [4.69, 9.17) is 0 Å². The van der Waals surface area contributed by atoms with Gasteiger partial charge in [-0.25, -0.2) is 9.67 Å². The average molecular weight is 282 g/mol. The van der Waals surface area contributed by atoms with Gasteiger partial charge in [0.25, 0.3) is 0 Å². The Morgan fingerprint density at radius 3 is 3.05 bits per heavy atom. The van der Waals surface area contributed by atoms with Crippen molar-refractivity contribution in [2.75, 3.05) is 16.8 Å². The Morgan fingerprint density at radius 1 is 1.53 bits per heavy atom. The van der Waals surface area contributed by atoms with Crippen LogP contribution in [0, 0.1) is 0 Å². The summed E-state index contributed by atoms with van der Waals surface area (Å²) in [5.41, 5.74) is 1.82. The van der Waals surface area contributed by atoms with E-state index in [2.05, 4.69) is 15.4 Å². The van der Waals surface area contributed by atoms with Gasteiger partial charge in [-0.05, 0) is 19.4 Å². The van der Waals surface area contributed by atoms with Gasteiger partial charge < -0.3 is 5.32 Å². The smallest absolute Gasteiger partial charge is 0.159 e. The molecule has 1 saturated heterocycles. The van der Waals surface area contributed by atoms with E-state index in [0.29, 0.717) is 11.5 Å². The molecule has 1 aliphatic heterocycles. The fraction of sp³-hybridized carbons (Fsp3) is 0.500. The number of aromatic nitrogens is 3. The number of fused-ring (bicyclic) bond motifs is 1. The van der Waals surface area contributed by atoms with E-state index < -0.39 is 10.6 Å². The van der Waals surface area contributed by atoms with Gasteiger partial charge in [0.15, 0.2) is 5.65 Å². The van der Waals surface area contributed by atoms with Crippen LogP contribution in [0.15, 0.2) is 18.5 Å². The highest BCUT2D eigenvalue weighted by Crippen LogP contribution is 2.46. The number of rotatable bonds is 3. The van der Waals surface area contributed by atoms with Crippen molar-refractivity contribution in [3.05, 3.63) is 18.5 Å². The minimum atomic E-state index is -2.37. The molecule has 3 N–H and O–H groups in total. The van der Waals surface area contributed by atoms with Gasteiger partial charge in [-0.1, -0.05) is 0 Å². The molecule has 0 amide bonds. The van der Waals surface area contributed by atoms with Gasteiger partial charge in [0, 0.05) is 30.2 Å². The third-order valence-corrected chi connectivity index (χ3v) is 5.29. The van der Waals surface area contributed by atoms with E-state index in [-0.39, 0.29) is 6.04 Å². The third kappa shape index (κ3) is 2.41. The number of nitrogens with one attached hydrogen (secondary N) is 1. The molecule has 0 bridgehead atoms. The Labute approximate surface area is 113 Å². The first-order valence-corrected chi connectivity index (χ1v) is 8.28. The summed E-state index contributed by atoms with van der Waals surface area (Å²) >= 11 is 0. The van der Waals surface area contributed by atoms with Crippen LogP contribution in [0.3, 0.4) is 0 Å². The second-order valence-corrected chi connectivity index (χ2v) is 7.20. The maximum atomic E-state index is 9.67. The highest BCUT2D eigenvalue weighted by molar-refractivity contribution is 8.24. The summed E-state index contributed by atoms with van der Waals surface area (Å²) in [6, 6.07) is 2.02. The molecule has 2 aromatic heterocycles. The summed E-state index contributed by atoms with van der Waals surface area (Å²) in [5.74, 6) is 0.922. The number of nitrogens with zero attached hydrogens (tertiary/aromatic N) is 3. The van der Waals surface area contributed by atoms with Crippen LogP contribution in [-0.2, 0) is 6.54 Å². The number of anilines is 1. The first kappa shape index (κ1) is 12.7. The van der Waals surface area contributed by atoms with Gasteiger partial charge in [-0.15, -0.1) is 0 Å². The SMILES string of the molecule is CCn1ncc2c(NC3CCS(O)(O)C3)ccnc21. The summed E-state index contributed by atoms with van der Waals surface area (Å²) in [5, 5.41) is 8.66. The van der Waals surface area contributed by atoms with Crippen molar-refractivity contribution in [3.63, 3.8) is 0 Å². The third-order valence-electron chi connectivity index (χ3n) is 3.46. The summed E-state index contributed by atoms with van der Waals surface area (Å²) in [6.07, 6.45) is 4.35. The first-order valence-electron chi connectivity index (χ1n) is 6.40. The van der Waals surface area contributed by atoms with Crippen molar-refractivity contribution in [1.29, 1.82) is 0 Å². The Kier molecular flexibility index (Phi) is 3.12. The lowest BCUT2D eigenvalue weighted by Gasteiger charge is -2.26. The monoisotopic (exact) mass is 282 g/mol. The predicted octanol–water partition coefficient (Wildman–Crippen LogP) is 2.39. The summed E-state index contributed by atoms with van der Waals surface area (Å²) in [7, 11) is -2.37. The minimum absolute atomic E-state index is 0.112. The number of hydrogen-bond acceptors (Lipinski definition) is 5. The van der Waals surface area contributed by atoms with Crippen LogP contribution in [0.25, 0.3) is 11.0 Å². The van der Waals surface area contributed by atoms with E-state index in [1.54, 1.807) is 12.4 Å². The quantitative estimate of drug-likeness (QED) is 0.805. The van der Waals surface area contributed by atoms with Crippen molar-refractivity contribution in [2.45, 2.75) is 25.9 Å². The van der Waals surface area contributed by atoms with Crippen LogP contribution in [0.1, 0.15) is 13.3 Å². The first-order chi connectivity index (χ1) is 9.09. The number of hydrogen-bond donors (Lipinski definition) is 3. The summed E-state index contributed by atoms with van der Waals surface area (Å²) in [6.45, 7) is 2.81. The summed E-state index contributed by atoms with van der Waals surface area (Å²) in [4.78, 5) is 4.34. The van der Waals surface area contributed by atoms with E-state index >= 15 is 0 Å². The highest BCUT2D eigenvalue weighted by atomic mass is 32.3. The minimum Gasteiger partial charge on any atom is -0.380 e. The standard InChI is InChI=1S/C12H18N4O2S/c1-2-16-12-10(7-14-16)11(3-5-13-12)15-9-4-6-19(17,18)8-9/h3,5,7,9,17-18H,2,4,6,8H2,1H3,(H,13,15). The molecular formula is C12H18N4O2S. The van der Waals surface area contributed by atoms with E-state index in [1.807, 2.05) is 17.7 Å². The molecule has 0 radical (unpaired) electrons. The average Bonchev–Trinajstić information content (AvgIpc) is 2.93. The fourth-order valence-corrected chi connectivity index (χ4v) is 4.21. The van der Waals surface area contributed by atoms with Gasteiger partial charge in [-0.2, -0.15) is 15.7 Å². The molecule has 6 nitrogen and oxygen atoms in total. The molecule has 104 valence electrons. The molecular weight excluding hydrogens is 264 g/mol. The van der Waals surface area contributed by atoms with Crippen molar-refractivity contribution in [2.24, 2.45) is 0 Å². The summed E-state index contributed by atoms with van der Waals surface area (Å²) < 4.78 is 21.2. The molecule has 0 spiro atoms.